The smallest absolute Gasteiger partial charge is 0.120 e. The third-order valence-electron chi connectivity index (χ3n) is 2.36. The van der Waals surface area contributed by atoms with Crippen molar-refractivity contribution in [1.29, 1.82) is 5.26 Å². The molecule has 2 heteroatoms. The standard InChI is InChI=1S/C12H13NO/c1-9-4-11(7-13)6-12(5-9)14-8-10-2-3-10/h4-6,10H,2-3,8H2,1H3. The maximum Gasteiger partial charge on any atom is 0.120 e. The number of nitriles is 1. The minimum Gasteiger partial charge on any atom is -0.493 e. The Morgan fingerprint density at radius 3 is 2.86 bits per heavy atom. The zero-order chi connectivity index (χ0) is 9.97. The Hall–Kier alpha value is -1.49. The van der Waals surface area contributed by atoms with Crippen molar-refractivity contribution >= 4 is 0 Å². The van der Waals surface area contributed by atoms with Gasteiger partial charge in [-0.25, -0.2) is 0 Å². The Kier molecular flexibility index (Phi) is 2.41. The van der Waals surface area contributed by atoms with Crippen molar-refractivity contribution in [3.8, 4) is 11.8 Å². The van der Waals surface area contributed by atoms with Crippen LogP contribution in [0.25, 0.3) is 0 Å². The van der Waals surface area contributed by atoms with Gasteiger partial charge in [-0.3, -0.25) is 0 Å². The molecule has 0 heterocycles. The molecular weight excluding hydrogens is 174 g/mol. The molecule has 0 amide bonds. The van der Waals surface area contributed by atoms with Gasteiger partial charge in [-0.15, -0.1) is 0 Å². The third kappa shape index (κ3) is 2.26. The predicted octanol–water partition coefficient (Wildman–Crippen LogP) is 2.66. The van der Waals surface area contributed by atoms with E-state index in [0.717, 1.165) is 23.8 Å². The van der Waals surface area contributed by atoms with E-state index in [9.17, 15) is 0 Å². The van der Waals surface area contributed by atoms with Crippen LogP contribution in [0.5, 0.6) is 5.75 Å². The highest BCUT2D eigenvalue weighted by atomic mass is 16.5. The largest absolute Gasteiger partial charge is 0.493 e. The topological polar surface area (TPSA) is 33.0 Å². The van der Waals surface area contributed by atoms with Crippen molar-refractivity contribution in [2.75, 3.05) is 6.61 Å². The van der Waals surface area contributed by atoms with E-state index in [-0.39, 0.29) is 0 Å². The van der Waals surface area contributed by atoms with Crippen molar-refractivity contribution in [3.63, 3.8) is 0 Å². The lowest BCUT2D eigenvalue weighted by Gasteiger charge is -2.06. The lowest BCUT2D eigenvalue weighted by molar-refractivity contribution is 0.299. The van der Waals surface area contributed by atoms with Crippen molar-refractivity contribution in [2.24, 2.45) is 5.92 Å². The predicted molar refractivity (Wildman–Crippen MR) is 54.1 cm³/mol. The van der Waals surface area contributed by atoms with E-state index in [4.69, 9.17) is 10.00 Å². The van der Waals surface area contributed by atoms with Gasteiger partial charge in [0.2, 0.25) is 0 Å². The van der Waals surface area contributed by atoms with Gasteiger partial charge in [-0.05, 0) is 49.4 Å². The summed E-state index contributed by atoms with van der Waals surface area (Å²) in [5.74, 6) is 1.58. The zero-order valence-corrected chi connectivity index (χ0v) is 8.29. The number of benzene rings is 1. The van der Waals surface area contributed by atoms with E-state index in [1.165, 1.54) is 12.8 Å². The highest BCUT2D eigenvalue weighted by Gasteiger charge is 2.21. The molecule has 0 saturated heterocycles. The maximum atomic E-state index is 8.77. The Bertz CT molecular complexity index is 374. The summed E-state index contributed by atoms with van der Waals surface area (Å²) in [6.07, 6.45) is 2.58. The molecular formula is C12H13NO. The minimum atomic E-state index is 0.677. The second kappa shape index (κ2) is 3.71. The summed E-state index contributed by atoms with van der Waals surface area (Å²) in [5, 5.41) is 8.77. The monoisotopic (exact) mass is 187 g/mol. The van der Waals surface area contributed by atoms with Gasteiger partial charge in [-0.1, -0.05) is 0 Å². The number of rotatable bonds is 3. The molecule has 1 aromatic carbocycles. The first-order valence-electron chi connectivity index (χ1n) is 4.92. The van der Waals surface area contributed by atoms with E-state index in [0.29, 0.717) is 5.56 Å². The third-order valence-corrected chi connectivity index (χ3v) is 2.36. The van der Waals surface area contributed by atoms with Gasteiger partial charge >= 0.3 is 0 Å². The molecule has 1 aliphatic rings. The van der Waals surface area contributed by atoms with Crippen LogP contribution >= 0.6 is 0 Å². The molecule has 2 nitrogen and oxygen atoms in total. The minimum absolute atomic E-state index is 0.677. The van der Waals surface area contributed by atoms with Crippen LogP contribution < -0.4 is 4.74 Å². The highest BCUT2D eigenvalue weighted by molar-refractivity contribution is 5.40. The molecule has 0 radical (unpaired) electrons. The second-order valence-electron chi connectivity index (χ2n) is 3.90. The molecule has 0 spiro atoms. The Balaban J connectivity index is 2.07. The lowest BCUT2D eigenvalue weighted by atomic mass is 10.1. The van der Waals surface area contributed by atoms with E-state index in [2.05, 4.69) is 6.07 Å². The summed E-state index contributed by atoms with van der Waals surface area (Å²) >= 11 is 0. The van der Waals surface area contributed by atoms with Crippen molar-refractivity contribution in [1.82, 2.24) is 0 Å². The Morgan fingerprint density at radius 1 is 1.43 bits per heavy atom. The van der Waals surface area contributed by atoms with Gasteiger partial charge in [0.1, 0.15) is 5.75 Å². The van der Waals surface area contributed by atoms with Gasteiger partial charge in [-0.2, -0.15) is 5.26 Å². The summed E-state index contributed by atoms with van der Waals surface area (Å²) < 4.78 is 5.60. The molecule has 2 rings (SSSR count). The summed E-state index contributed by atoms with van der Waals surface area (Å²) in [4.78, 5) is 0. The molecule has 0 unspecified atom stereocenters. The molecule has 0 N–H and O–H groups in total. The molecule has 0 bridgehead atoms. The highest BCUT2D eigenvalue weighted by Crippen LogP contribution is 2.29. The Morgan fingerprint density at radius 2 is 2.21 bits per heavy atom. The second-order valence-corrected chi connectivity index (χ2v) is 3.90. The van der Waals surface area contributed by atoms with Crippen LogP contribution in [0, 0.1) is 24.2 Å². The summed E-state index contributed by atoms with van der Waals surface area (Å²) in [6.45, 7) is 2.78. The van der Waals surface area contributed by atoms with Gasteiger partial charge < -0.3 is 4.74 Å². The fourth-order valence-corrected chi connectivity index (χ4v) is 1.39. The van der Waals surface area contributed by atoms with Gasteiger partial charge in [0.15, 0.2) is 0 Å². The van der Waals surface area contributed by atoms with Crippen LogP contribution in [-0.2, 0) is 0 Å². The van der Waals surface area contributed by atoms with Crippen molar-refractivity contribution in [2.45, 2.75) is 19.8 Å². The number of hydrogen-bond acceptors (Lipinski definition) is 2. The van der Waals surface area contributed by atoms with Crippen LogP contribution in [0.3, 0.4) is 0 Å². The Labute approximate surface area is 84.1 Å². The van der Waals surface area contributed by atoms with Gasteiger partial charge in [0, 0.05) is 0 Å². The number of ether oxygens (including phenoxy) is 1. The van der Waals surface area contributed by atoms with E-state index in [1.54, 1.807) is 6.07 Å². The van der Waals surface area contributed by atoms with E-state index < -0.39 is 0 Å². The first-order valence-corrected chi connectivity index (χ1v) is 4.92. The summed E-state index contributed by atoms with van der Waals surface area (Å²) in [7, 11) is 0. The van der Waals surface area contributed by atoms with Gasteiger partial charge in [0.25, 0.3) is 0 Å². The normalized spacial score (nSPS) is 14.9. The summed E-state index contributed by atoms with van der Waals surface area (Å²) in [6, 6.07) is 7.77. The molecule has 1 saturated carbocycles. The van der Waals surface area contributed by atoms with Crippen molar-refractivity contribution < 1.29 is 4.74 Å². The number of aryl methyl sites for hydroxylation is 1. The number of hydrogen-bond donors (Lipinski definition) is 0. The van der Waals surface area contributed by atoms with Crippen LogP contribution in [0.15, 0.2) is 18.2 Å². The van der Waals surface area contributed by atoms with Crippen LogP contribution in [0.2, 0.25) is 0 Å². The molecule has 72 valence electrons. The zero-order valence-electron chi connectivity index (χ0n) is 8.29. The first-order chi connectivity index (χ1) is 6.78. The van der Waals surface area contributed by atoms with Crippen molar-refractivity contribution in [3.05, 3.63) is 29.3 Å². The first kappa shape index (κ1) is 9.08. The fourth-order valence-electron chi connectivity index (χ4n) is 1.39. The molecule has 0 aliphatic heterocycles. The molecule has 0 aromatic heterocycles. The average Bonchev–Trinajstić information content (AvgIpc) is 2.97. The number of nitrogens with zero attached hydrogens (tertiary/aromatic N) is 1. The van der Waals surface area contributed by atoms with Crippen LogP contribution in [0.1, 0.15) is 24.0 Å². The van der Waals surface area contributed by atoms with Gasteiger partial charge in [0.05, 0.1) is 18.2 Å². The molecule has 1 aromatic rings. The quantitative estimate of drug-likeness (QED) is 0.728. The maximum absolute atomic E-state index is 8.77. The molecule has 14 heavy (non-hydrogen) atoms. The van der Waals surface area contributed by atoms with E-state index >= 15 is 0 Å². The molecule has 1 aliphatic carbocycles. The van der Waals surface area contributed by atoms with Crippen LogP contribution in [0.4, 0.5) is 0 Å². The lowest BCUT2D eigenvalue weighted by Crippen LogP contribution is -1.99. The molecule has 1 fully saturated rings. The van der Waals surface area contributed by atoms with Crippen LogP contribution in [-0.4, -0.2) is 6.61 Å². The average molecular weight is 187 g/mol. The van der Waals surface area contributed by atoms with E-state index in [1.807, 2.05) is 19.1 Å². The summed E-state index contributed by atoms with van der Waals surface area (Å²) in [5.41, 5.74) is 1.76. The molecule has 0 atom stereocenters. The fraction of sp³-hybridized carbons (Fsp3) is 0.417. The SMILES string of the molecule is Cc1cc(C#N)cc(OCC2CC2)c1.